The second kappa shape index (κ2) is 9.52. The molecule has 34 heavy (non-hydrogen) atoms. The van der Waals surface area contributed by atoms with Gasteiger partial charge in [-0.15, -0.1) is 10.2 Å². The highest BCUT2D eigenvalue weighted by Gasteiger charge is 2.27. The number of hydrogen-bond acceptors (Lipinski definition) is 7. The highest BCUT2D eigenvalue weighted by Crippen LogP contribution is 2.37. The number of thioether (sulfide) groups is 1. The van der Waals surface area contributed by atoms with Crippen LogP contribution in [0, 0.1) is 0 Å². The van der Waals surface area contributed by atoms with E-state index in [-0.39, 0.29) is 5.25 Å². The number of imidazole rings is 1. The van der Waals surface area contributed by atoms with Crippen LogP contribution in [-0.4, -0.2) is 45.6 Å². The van der Waals surface area contributed by atoms with Crippen molar-refractivity contribution in [3.05, 3.63) is 54.4 Å². The van der Waals surface area contributed by atoms with Crippen LogP contribution in [0.3, 0.4) is 0 Å². The third kappa shape index (κ3) is 4.37. The van der Waals surface area contributed by atoms with Crippen LogP contribution in [-0.2, 0) is 16.6 Å². The summed E-state index contributed by atoms with van der Waals surface area (Å²) in [5, 5.41) is 9.09. The van der Waals surface area contributed by atoms with Crippen molar-refractivity contribution in [1.82, 2.24) is 24.1 Å². The molecule has 0 unspecified atom stereocenters. The Morgan fingerprint density at radius 3 is 2.56 bits per heavy atom. The highest BCUT2D eigenvalue weighted by molar-refractivity contribution is 7.99. The second-order valence-electron chi connectivity index (χ2n) is 8.33. The minimum Gasteiger partial charge on any atom is -0.419 e. The normalized spacial score (nSPS) is 16.2. The minimum absolute atomic E-state index is 0.122. The van der Waals surface area contributed by atoms with E-state index in [0.717, 1.165) is 35.5 Å². The molecule has 0 saturated carbocycles. The second-order valence-corrected chi connectivity index (χ2v) is 11.6. The van der Waals surface area contributed by atoms with Crippen molar-refractivity contribution < 1.29 is 12.8 Å². The van der Waals surface area contributed by atoms with E-state index >= 15 is 0 Å². The van der Waals surface area contributed by atoms with Crippen molar-refractivity contribution in [2.45, 2.75) is 55.0 Å². The fraction of sp³-hybridized carbons (Fsp3) is 0.375. The summed E-state index contributed by atoms with van der Waals surface area (Å²) in [5.74, 6) is 1.01. The Morgan fingerprint density at radius 1 is 1.06 bits per heavy atom. The van der Waals surface area contributed by atoms with Gasteiger partial charge in [-0.2, -0.15) is 4.31 Å². The SMILES string of the molecule is CCn1c(S[C@@H](C)c2nnc(-c3ccccc3)o2)nc2cc(S(=O)(=O)N3CCCCC3)ccc21. The summed E-state index contributed by atoms with van der Waals surface area (Å²) >= 11 is 1.52. The number of hydrogen-bond donors (Lipinski definition) is 0. The Balaban J connectivity index is 1.42. The molecule has 178 valence electrons. The van der Waals surface area contributed by atoms with Crippen LogP contribution in [0.5, 0.6) is 0 Å². The maximum Gasteiger partial charge on any atom is 0.247 e. The van der Waals surface area contributed by atoms with Gasteiger partial charge in [0.15, 0.2) is 5.16 Å². The van der Waals surface area contributed by atoms with E-state index in [2.05, 4.69) is 21.7 Å². The summed E-state index contributed by atoms with van der Waals surface area (Å²) in [7, 11) is -3.51. The first kappa shape index (κ1) is 23.1. The molecule has 1 fully saturated rings. The van der Waals surface area contributed by atoms with Crippen LogP contribution in [0.2, 0.25) is 0 Å². The van der Waals surface area contributed by atoms with Crippen LogP contribution in [0.1, 0.15) is 44.3 Å². The molecule has 1 atom stereocenters. The topological polar surface area (TPSA) is 94.1 Å². The van der Waals surface area contributed by atoms with Crippen LogP contribution < -0.4 is 0 Å². The fourth-order valence-electron chi connectivity index (χ4n) is 4.20. The summed E-state index contributed by atoms with van der Waals surface area (Å²) in [6.45, 7) is 5.92. The molecule has 10 heteroatoms. The summed E-state index contributed by atoms with van der Waals surface area (Å²) in [4.78, 5) is 5.09. The summed E-state index contributed by atoms with van der Waals surface area (Å²) in [5.41, 5.74) is 2.46. The van der Waals surface area contributed by atoms with Gasteiger partial charge in [0.1, 0.15) is 0 Å². The Bertz CT molecular complexity index is 1390. The number of piperidine rings is 1. The molecule has 8 nitrogen and oxygen atoms in total. The Morgan fingerprint density at radius 2 is 1.82 bits per heavy atom. The molecule has 0 spiro atoms. The average molecular weight is 498 g/mol. The van der Waals surface area contributed by atoms with Gasteiger partial charge in [-0.1, -0.05) is 36.4 Å². The van der Waals surface area contributed by atoms with E-state index in [1.807, 2.05) is 43.3 Å². The monoisotopic (exact) mass is 497 g/mol. The minimum atomic E-state index is -3.51. The molecule has 1 aliphatic rings. The van der Waals surface area contributed by atoms with Gasteiger partial charge < -0.3 is 8.98 Å². The van der Waals surface area contributed by atoms with Gasteiger partial charge in [0.2, 0.25) is 21.8 Å². The summed E-state index contributed by atoms with van der Waals surface area (Å²) in [6, 6.07) is 14.9. The lowest BCUT2D eigenvalue weighted by atomic mass is 10.2. The number of aryl methyl sites for hydroxylation is 1. The van der Waals surface area contributed by atoms with Crippen molar-refractivity contribution >= 4 is 32.8 Å². The highest BCUT2D eigenvalue weighted by atomic mass is 32.2. The van der Waals surface area contributed by atoms with E-state index in [0.29, 0.717) is 41.8 Å². The first-order valence-corrected chi connectivity index (χ1v) is 13.8. The fourth-order valence-corrected chi connectivity index (χ4v) is 6.76. The van der Waals surface area contributed by atoms with Crippen molar-refractivity contribution in [1.29, 1.82) is 0 Å². The van der Waals surface area contributed by atoms with Gasteiger partial charge >= 0.3 is 0 Å². The molecule has 0 N–H and O–H groups in total. The summed E-state index contributed by atoms with van der Waals surface area (Å²) in [6.07, 6.45) is 2.90. The molecule has 5 rings (SSSR count). The van der Waals surface area contributed by atoms with Gasteiger partial charge in [-0.25, -0.2) is 13.4 Å². The predicted octanol–water partition coefficient (Wildman–Crippen LogP) is 5.13. The van der Waals surface area contributed by atoms with Gasteiger partial charge in [-0.3, -0.25) is 0 Å². The molecule has 0 bridgehead atoms. The van der Waals surface area contributed by atoms with Crippen LogP contribution >= 0.6 is 11.8 Å². The molecule has 1 aliphatic heterocycles. The Labute approximate surface area is 203 Å². The predicted molar refractivity (Wildman–Crippen MR) is 132 cm³/mol. The number of nitrogens with zero attached hydrogens (tertiary/aromatic N) is 5. The van der Waals surface area contributed by atoms with Crippen molar-refractivity contribution in [3.63, 3.8) is 0 Å². The first-order valence-electron chi connectivity index (χ1n) is 11.5. The molecule has 4 aromatic rings. The molecule has 0 amide bonds. The number of sulfonamides is 1. The van der Waals surface area contributed by atoms with Gasteiger partial charge in [0, 0.05) is 25.2 Å². The van der Waals surface area contributed by atoms with Crippen molar-refractivity contribution in [2.75, 3.05) is 13.1 Å². The maximum atomic E-state index is 13.1. The molecular formula is C24H27N5O3S2. The number of rotatable bonds is 7. The maximum absolute atomic E-state index is 13.1. The lowest BCUT2D eigenvalue weighted by molar-refractivity contribution is 0.346. The summed E-state index contributed by atoms with van der Waals surface area (Å²) < 4.78 is 35.9. The zero-order chi connectivity index (χ0) is 23.7. The Kier molecular flexibility index (Phi) is 6.46. The molecule has 0 aliphatic carbocycles. The molecule has 0 radical (unpaired) electrons. The average Bonchev–Trinajstić information content (AvgIpc) is 3.49. The van der Waals surface area contributed by atoms with Crippen molar-refractivity contribution in [3.8, 4) is 11.5 Å². The number of benzene rings is 2. The molecule has 2 aromatic carbocycles. The van der Waals surface area contributed by atoms with E-state index in [4.69, 9.17) is 9.40 Å². The van der Waals surface area contributed by atoms with Gasteiger partial charge in [0.05, 0.1) is 21.2 Å². The quantitative estimate of drug-likeness (QED) is 0.327. The van der Waals surface area contributed by atoms with Crippen LogP contribution in [0.15, 0.2) is 63.0 Å². The van der Waals surface area contributed by atoms with E-state index < -0.39 is 10.0 Å². The smallest absolute Gasteiger partial charge is 0.247 e. The van der Waals surface area contributed by atoms with E-state index in [1.54, 1.807) is 16.4 Å². The van der Waals surface area contributed by atoms with Crippen molar-refractivity contribution in [2.24, 2.45) is 0 Å². The lowest BCUT2D eigenvalue weighted by Crippen LogP contribution is -2.35. The molecule has 2 aromatic heterocycles. The van der Waals surface area contributed by atoms with Gasteiger partial charge in [-0.05, 0) is 57.0 Å². The molecule has 3 heterocycles. The molecule has 1 saturated heterocycles. The largest absolute Gasteiger partial charge is 0.419 e. The first-order chi connectivity index (χ1) is 16.5. The van der Waals surface area contributed by atoms with Crippen LogP contribution in [0.25, 0.3) is 22.5 Å². The van der Waals surface area contributed by atoms with Gasteiger partial charge in [0.25, 0.3) is 0 Å². The molecular weight excluding hydrogens is 470 g/mol. The third-order valence-corrected chi connectivity index (χ3v) is 9.02. The van der Waals surface area contributed by atoms with Crippen LogP contribution in [0.4, 0.5) is 0 Å². The van der Waals surface area contributed by atoms with E-state index in [9.17, 15) is 8.42 Å². The zero-order valence-electron chi connectivity index (χ0n) is 19.2. The van der Waals surface area contributed by atoms with E-state index in [1.165, 1.54) is 11.8 Å². The standard InChI is InChI=1S/C24H27N5O3S2/c1-3-29-21-13-12-19(34(30,31)28-14-8-5-9-15-28)16-20(21)25-24(29)33-17(2)22-26-27-23(32-22)18-10-6-4-7-11-18/h4,6-7,10-13,16-17H,3,5,8-9,14-15H2,1-2H3/t17-/m0/s1. The zero-order valence-corrected chi connectivity index (χ0v) is 20.8. The number of fused-ring (bicyclic) bond motifs is 1. The Hall–Kier alpha value is -2.69. The third-order valence-electron chi connectivity index (χ3n) is 6.05. The lowest BCUT2D eigenvalue weighted by Gasteiger charge is -2.25. The number of aromatic nitrogens is 4.